The summed E-state index contributed by atoms with van der Waals surface area (Å²) in [6.07, 6.45) is 2.15. The first kappa shape index (κ1) is 11.8. The van der Waals surface area contributed by atoms with Crippen molar-refractivity contribution < 1.29 is 4.79 Å². The van der Waals surface area contributed by atoms with Gasteiger partial charge in [-0.3, -0.25) is 4.79 Å². The Balaban J connectivity index is 3.47. The molecule has 1 atom stereocenters. The minimum absolute atomic E-state index is 0.108. The number of amides is 1. The van der Waals surface area contributed by atoms with E-state index in [1.807, 2.05) is 6.92 Å². The van der Waals surface area contributed by atoms with Crippen molar-refractivity contribution in [2.75, 3.05) is 12.3 Å². The molecule has 0 aliphatic heterocycles. The highest BCUT2D eigenvalue weighted by atomic mass is 32.2. The summed E-state index contributed by atoms with van der Waals surface area (Å²) in [7, 11) is 0. The first-order chi connectivity index (χ1) is 5.72. The van der Waals surface area contributed by atoms with Gasteiger partial charge in [0.2, 0.25) is 5.91 Å². The maximum atomic E-state index is 11.3. The quantitative estimate of drug-likeness (QED) is 0.693. The minimum Gasteiger partial charge on any atom is -0.355 e. The number of hydrogen-bond donors (Lipinski definition) is 1. The van der Waals surface area contributed by atoms with Gasteiger partial charge in [0.1, 0.15) is 0 Å². The zero-order chi connectivity index (χ0) is 9.40. The summed E-state index contributed by atoms with van der Waals surface area (Å²) in [5.74, 6) is 1.25. The van der Waals surface area contributed by atoms with E-state index in [4.69, 9.17) is 0 Å². The van der Waals surface area contributed by atoms with Crippen molar-refractivity contribution in [2.24, 2.45) is 0 Å². The van der Waals surface area contributed by atoms with Crippen LogP contribution in [-0.2, 0) is 4.79 Å². The van der Waals surface area contributed by atoms with E-state index >= 15 is 0 Å². The van der Waals surface area contributed by atoms with Crippen molar-refractivity contribution in [1.29, 1.82) is 0 Å². The lowest BCUT2D eigenvalue weighted by Crippen LogP contribution is -2.31. The molecule has 0 aromatic heterocycles. The lowest BCUT2D eigenvalue weighted by atomic mass is 10.4. The summed E-state index contributed by atoms with van der Waals surface area (Å²) in [5, 5.41) is 2.99. The topological polar surface area (TPSA) is 29.1 Å². The standard InChI is InChI=1S/C9H19NOS/c1-4-6-10-9(11)8(3)12-7-5-2/h8H,4-7H2,1-3H3,(H,10,11). The van der Waals surface area contributed by atoms with Gasteiger partial charge in [0.15, 0.2) is 0 Å². The predicted molar refractivity (Wildman–Crippen MR) is 55.5 cm³/mol. The van der Waals surface area contributed by atoms with Crippen molar-refractivity contribution >= 4 is 17.7 Å². The van der Waals surface area contributed by atoms with Crippen molar-refractivity contribution in [3.63, 3.8) is 0 Å². The molecule has 0 aliphatic rings. The van der Waals surface area contributed by atoms with Gasteiger partial charge in [0, 0.05) is 6.54 Å². The maximum Gasteiger partial charge on any atom is 0.232 e. The molecule has 0 radical (unpaired) electrons. The van der Waals surface area contributed by atoms with Gasteiger partial charge in [0.05, 0.1) is 5.25 Å². The van der Waals surface area contributed by atoms with Crippen molar-refractivity contribution in [1.82, 2.24) is 5.32 Å². The summed E-state index contributed by atoms with van der Waals surface area (Å²) in [6, 6.07) is 0. The van der Waals surface area contributed by atoms with Crippen molar-refractivity contribution in [3.8, 4) is 0 Å². The van der Waals surface area contributed by atoms with Crippen LogP contribution in [0.5, 0.6) is 0 Å². The van der Waals surface area contributed by atoms with Crippen LogP contribution in [0.15, 0.2) is 0 Å². The van der Waals surface area contributed by atoms with E-state index in [9.17, 15) is 4.79 Å². The Labute approximate surface area is 79.5 Å². The zero-order valence-corrected chi connectivity index (χ0v) is 9.04. The highest BCUT2D eigenvalue weighted by Gasteiger charge is 2.10. The van der Waals surface area contributed by atoms with E-state index in [0.29, 0.717) is 0 Å². The van der Waals surface area contributed by atoms with E-state index in [-0.39, 0.29) is 11.2 Å². The van der Waals surface area contributed by atoms with Gasteiger partial charge in [-0.15, -0.1) is 11.8 Å². The second-order valence-corrected chi connectivity index (χ2v) is 4.25. The molecule has 0 heterocycles. The summed E-state index contributed by atoms with van der Waals surface area (Å²) < 4.78 is 0. The van der Waals surface area contributed by atoms with Gasteiger partial charge in [-0.1, -0.05) is 13.8 Å². The normalized spacial score (nSPS) is 12.6. The monoisotopic (exact) mass is 189 g/mol. The van der Waals surface area contributed by atoms with E-state index in [0.717, 1.165) is 25.1 Å². The molecule has 0 aliphatic carbocycles. The van der Waals surface area contributed by atoms with Gasteiger partial charge >= 0.3 is 0 Å². The first-order valence-electron chi connectivity index (χ1n) is 4.61. The number of rotatable bonds is 6. The number of hydrogen-bond acceptors (Lipinski definition) is 2. The van der Waals surface area contributed by atoms with E-state index in [2.05, 4.69) is 19.2 Å². The van der Waals surface area contributed by atoms with Crippen LogP contribution in [0.1, 0.15) is 33.6 Å². The van der Waals surface area contributed by atoms with Gasteiger partial charge in [-0.05, 0) is 25.5 Å². The van der Waals surface area contributed by atoms with Crippen LogP contribution in [-0.4, -0.2) is 23.5 Å². The summed E-state index contributed by atoms with van der Waals surface area (Å²) in [4.78, 5) is 11.3. The smallest absolute Gasteiger partial charge is 0.232 e. The molecule has 1 amide bonds. The molecule has 0 fully saturated rings. The molecular formula is C9H19NOS. The highest BCUT2D eigenvalue weighted by molar-refractivity contribution is 8.00. The fraction of sp³-hybridized carbons (Fsp3) is 0.889. The third-order valence-corrected chi connectivity index (χ3v) is 2.85. The Kier molecular flexibility index (Phi) is 7.36. The average Bonchev–Trinajstić information content (AvgIpc) is 2.10. The lowest BCUT2D eigenvalue weighted by Gasteiger charge is -2.10. The second kappa shape index (κ2) is 7.47. The molecule has 0 saturated heterocycles. The van der Waals surface area contributed by atoms with Crippen molar-refractivity contribution in [3.05, 3.63) is 0 Å². The van der Waals surface area contributed by atoms with Gasteiger partial charge in [-0.2, -0.15) is 0 Å². The maximum absolute atomic E-state index is 11.3. The van der Waals surface area contributed by atoms with Crippen LogP contribution < -0.4 is 5.32 Å². The molecule has 0 aromatic rings. The molecule has 72 valence electrons. The lowest BCUT2D eigenvalue weighted by molar-refractivity contribution is -0.120. The predicted octanol–water partition coefficient (Wildman–Crippen LogP) is 2.04. The zero-order valence-electron chi connectivity index (χ0n) is 8.22. The molecule has 3 heteroatoms. The SMILES string of the molecule is CCCNC(=O)C(C)SCCC. The van der Waals surface area contributed by atoms with Crippen LogP contribution in [0.3, 0.4) is 0 Å². The molecule has 0 aromatic carbocycles. The third-order valence-electron chi connectivity index (χ3n) is 1.49. The second-order valence-electron chi connectivity index (χ2n) is 2.80. The number of carbonyl (C=O) groups is 1. The van der Waals surface area contributed by atoms with Crippen LogP contribution in [0.25, 0.3) is 0 Å². The van der Waals surface area contributed by atoms with Crippen LogP contribution in [0.2, 0.25) is 0 Å². The molecule has 0 bridgehead atoms. The third kappa shape index (κ3) is 5.47. The van der Waals surface area contributed by atoms with E-state index < -0.39 is 0 Å². The van der Waals surface area contributed by atoms with Gasteiger partial charge in [0.25, 0.3) is 0 Å². The van der Waals surface area contributed by atoms with Gasteiger partial charge < -0.3 is 5.32 Å². The van der Waals surface area contributed by atoms with Crippen LogP contribution >= 0.6 is 11.8 Å². The van der Waals surface area contributed by atoms with Crippen LogP contribution in [0, 0.1) is 0 Å². The Morgan fingerprint density at radius 2 is 2.08 bits per heavy atom. The van der Waals surface area contributed by atoms with Crippen LogP contribution in [0.4, 0.5) is 0 Å². The molecular weight excluding hydrogens is 170 g/mol. The molecule has 12 heavy (non-hydrogen) atoms. The number of thioether (sulfide) groups is 1. The Bertz CT molecular complexity index is 128. The summed E-state index contributed by atoms with van der Waals surface area (Å²) >= 11 is 1.72. The molecule has 0 spiro atoms. The molecule has 2 nitrogen and oxygen atoms in total. The molecule has 0 saturated carbocycles. The average molecular weight is 189 g/mol. The number of nitrogens with one attached hydrogen (secondary N) is 1. The van der Waals surface area contributed by atoms with E-state index in [1.165, 1.54) is 0 Å². The van der Waals surface area contributed by atoms with Gasteiger partial charge in [-0.25, -0.2) is 0 Å². The van der Waals surface area contributed by atoms with E-state index in [1.54, 1.807) is 11.8 Å². The Morgan fingerprint density at radius 3 is 2.58 bits per heavy atom. The summed E-state index contributed by atoms with van der Waals surface area (Å²) in [5.41, 5.74) is 0. The molecule has 0 rings (SSSR count). The Hall–Kier alpha value is -0.180. The fourth-order valence-electron chi connectivity index (χ4n) is 0.762. The minimum atomic E-state index is 0.108. The highest BCUT2D eigenvalue weighted by Crippen LogP contribution is 2.10. The molecule has 1 N–H and O–H groups in total. The fourth-order valence-corrected chi connectivity index (χ4v) is 1.59. The first-order valence-corrected chi connectivity index (χ1v) is 5.66. The molecule has 1 unspecified atom stereocenters. The number of carbonyl (C=O) groups excluding carboxylic acids is 1. The largest absolute Gasteiger partial charge is 0.355 e. The van der Waals surface area contributed by atoms with Crippen molar-refractivity contribution in [2.45, 2.75) is 38.9 Å². The Morgan fingerprint density at radius 1 is 1.42 bits per heavy atom. The summed E-state index contributed by atoms with van der Waals surface area (Å²) in [6.45, 7) is 6.95.